The van der Waals surface area contributed by atoms with E-state index in [0.717, 1.165) is 21.0 Å². The number of nitrogens with zero attached hydrogens (tertiary/aromatic N) is 3. The van der Waals surface area contributed by atoms with Gasteiger partial charge >= 0.3 is 0 Å². The lowest BCUT2D eigenvalue weighted by molar-refractivity contribution is 0.0947. The van der Waals surface area contributed by atoms with Gasteiger partial charge in [-0.25, -0.2) is 4.98 Å². The lowest BCUT2D eigenvalue weighted by Crippen LogP contribution is -2.23. The number of hydrogen-bond acceptors (Lipinski definition) is 5. The molecule has 0 aliphatic heterocycles. The van der Waals surface area contributed by atoms with Crippen LogP contribution in [0.1, 0.15) is 26.6 Å². The summed E-state index contributed by atoms with van der Waals surface area (Å²) in [6.07, 6.45) is 3.41. The first-order chi connectivity index (χ1) is 11.7. The van der Waals surface area contributed by atoms with E-state index in [9.17, 15) is 4.79 Å². The molecule has 0 radical (unpaired) electrons. The summed E-state index contributed by atoms with van der Waals surface area (Å²) in [5.41, 5.74) is 2.80. The lowest BCUT2D eigenvalue weighted by Gasteiger charge is -2.05. The zero-order valence-electron chi connectivity index (χ0n) is 13.0. The molecule has 1 aromatic carbocycles. The van der Waals surface area contributed by atoms with Gasteiger partial charge in [-0.15, -0.1) is 11.3 Å². The molecule has 1 amide bonds. The van der Waals surface area contributed by atoms with Crippen molar-refractivity contribution in [1.29, 1.82) is 5.26 Å². The van der Waals surface area contributed by atoms with Crippen molar-refractivity contribution in [1.82, 2.24) is 15.3 Å². The Balaban J connectivity index is 1.83. The van der Waals surface area contributed by atoms with Gasteiger partial charge in [-0.3, -0.25) is 9.78 Å². The van der Waals surface area contributed by atoms with E-state index in [4.69, 9.17) is 5.26 Å². The zero-order chi connectivity index (χ0) is 16.9. The van der Waals surface area contributed by atoms with Gasteiger partial charge in [0.05, 0.1) is 21.5 Å². The van der Waals surface area contributed by atoms with Crippen molar-refractivity contribution in [2.24, 2.45) is 0 Å². The zero-order valence-corrected chi connectivity index (χ0v) is 13.8. The monoisotopic (exact) mass is 334 g/mol. The lowest BCUT2D eigenvalue weighted by atomic mass is 10.1. The Morgan fingerprint density at radius 3 is 2.75 bits per heavy atom. The van der Waals surface area contributed by atoms with Crippen molar-refractivity contribution in [2.75, 3.05) is 0 Å². The Morgan fingerprint density at radius 2 is 2.08 bits per heavy atom. The third-order valence-electron chi connectivity index (χ3n) is 3.40. The summed E-state index contributed by atoms with van der Waals surface area (Å²) in [4.78, 5) is 21.7. The molecule has 0 saturated carbocycles. The number of nitriles is 1. The third kappa shape index (κ3) is 3.47. The number of hydrogen-bond donors (Lipinski definition) is 1. The van der Waals surface area contributed by atoms with Gasteiger partial charge in [0.25, 0.3) is 5.91 Å². The number of pyridine rings is 1. The van der Waals surface area contributed by atoms with Crippen molar-refractivity contribution in [3.05, 3.63) is 70.6 Å². The highest BCUT2D eigenvalue weighted by Crippen LogP contribution is 2.30. The average Bonchev–Trinajstić information content (AvgIpc) is 3.02. The maximum Gasteiger partial charge on any atom is 0.271 e. The second-order valence-electron chi connectivity index (χ2n) is 5.14. The number of benzene rings is 1. The summed E-state index contributed by atoms with van der Waals surface area (Å²) < 4.78 is 0. The first-order valence-corrected chi connectivity index (χ1v) is 8.14. The molecular formula is C18H14N4OS. The molecule has 1 N–H and O–H groups in total. The van der Waals surface area contributed by atoms with Crippen LogP contribution in [0, 0.1) is 18.3 Å². The summed E-state index contributed by atoms with van der Waals surface area (Å²) in [6.45, 7) is 2.27. The number of aromatic nitrogens is 2. The Kier molecular flexibility index (Phi) is 4.64. The number of nitrogens with one attached hydrogen (secondary N) is 1. The molecule has 2 aromatic heterocycles. The summed E-state index contributed by atoms with van der Waals surface area (Å²) in [5, 5.41) is 12.6. The Hall–Kier alpha value is -3.04. The first-order valence-electron chi connectivity index (χ1n) is 7.32. The van der Waals surface area contributed by atoms with E-state index in [0.29, 0.717) is 17.8 Å². The molecule has 0 aliphatic carbocycles. The molecule has 118 valence electrons. The number of aryl methyl sites for hydroxylation is 1. The van der Waals surface area contributed by atoms with Gasteiger partial charge in [-0.2, -0.15) is 5.26 Å². The standard InChI is InChI=1S/C18H14N4OS/c1-12-22-16(18(23)21-11-14-3-2-8-20-10-14)17(24-12)15-6-4-13(9-19)5-7-15/h2-8,10H,11H2,1H3,(H,21,23). The van der Waals surface area contributed by atoms with Crippen molar-refractivity contribution < 1.29 is 4.79 Å². The molecule has 2 heterocycles. The highest BCUT2D eigenvalue weighted by molar-refractivity contribution is 7.15. The molecular weight excluding hydrogens is 320 g/mol. The highest BCUT2D eigenvalue weighted by atomic mass is 32.1. The molecule has 0 spiro atoms. The minimum absolute atomic E-state index is 0.220. The molecule has 6 heteroatoms. The molecule has 3 rings (SSSR count). The van der Waals surface area contributed by atoms with Crippen LogP contribution in [0.5, 0.6) is 0 Å². The maximum absolute atomic E-state index is 12.5. The smallest absolute Gasteiger partial charge is 0.271 e. The van der Waals surface area contributed by atoms with Gasteiger partial charge in [-0.05, 0) is 36.2 Å². The van der Waals surface area contributed by atoms with E-state index >= 15 is 0 Å². The van der Waals surface area contributed by atoms with Gasteiger partial charge in [-0.1, -0.05) is 18.2 Å². The minimum Gasteiger partial charge on any atom is -0.347 e. The molecule has 0 unspecified atom stereocenters. The van der Waals surface area contributed by atoms with E-state index < -0.39 is 0 Å². The van der Waals surface area contributed by atoms with Gasteiger partial charge in [0.2, 0.25) is 0 Å². The fraction of sp³-hybridized carbons (Fsp3) is 0.111. The van der Waals surface area contributed by atoms with Crippen LogP contribution < -0.4 is 5.32 Å². The topological polar surface area (TPSA) is 78.7 Å². The number of rotatable bonds is 4. The fourth-order valence-corrected chi connectivity index (χ4v) is 3.16. The Bertz CT molecular complexity index is 895. The summed E-state index contributed by atoms with van der Waals surface area (Å²) >= 11 is 1.46. The van der Waals surface area contributed by atoms with Gasteiger partial charge in [0.1, 0.15) is 5.69 Å². The second kappa shape index (κ2) is 7.02. The quantitative estimate of drug-likeness (QED) is 0.794. The molecule has 0 aliphatic rings. The van der Waals surface area contributed by atoms with Crippen molar-refractivity contribution >= 4 is 17.2 Å². The highest BCUT2D eigenvalue weighted by Gasteiger charge is 2.18. The van der Waals surface area contributed by atoms with Crippen LogP contribution in [0.4, 0.5) is 0 Å². The van der Waals surface area contributed by atoms with E-state index in [-0.39, 0.29) is 5.91 Å². The van der Waals surface area contributed by atoms with Crippen molar-refractivity contribution in [3.8, 4) is 16.5 Å². The third-order valence-corrected chi connectivity index (χ3v) is 4.42. The molecule has 0 saturated heterocycles. The maximum atomic E-state index is 12.5. The minimum atomic E-state index is -0.220. The molecule has 0 fully saturated rings. The molecule has 3 aromatic rings. The average molecular weight is 334 g/mol. The van der Waals surface area contributed by atoms with Gasteiger partial charge in [0, 0.05) is 18.9 Å². The van der Waals surface area contributed by atoms with E-state index in [1.807, 2.05) is 31.2 Å². The predicted molar refractivity (Wildman–Crippen MR) is 92.4 cm³/mol. The first kappa shape index (κ1) is 15.8. The molecule has 24 heavy (non-hydrogen) atoms. The van der Waals surface area contributed by atoms with Crippen molar-refractivity contribution in [3.63, 3.8) is 0 Å². The Morgan fingerprint density at radius 1 is 1.29 bits per heavy atom. The second-order valence-corrected chi connectivity index (χ2v) is 6.35. The number of thiazole rings is 1. The summed E-state index contributed by atoms with van der Waals surface area (Å²) in [5.74, 6) is -0.220. The van der Waals surface area contributed by atoms with E-state index in [2.05, 4.69) is 21.4 Å². The summed E-state index contributed by atoms with van der Waals surface area (Å²) in [7, 11) is 0. The number of carbonyl (C=O) groups excluding carboxylic acids is 1. The number of carbonyl (C=O) groups is 1. The van der Waals surface area contributed by atoms with Gasteiger partial charge in [0.15, 0.2) is 0 Å². The summed E-state index contributed by atoms with van der Waals surface area (Å²) in [6, 6.07) is 13.0. The van der Waals surface area contributed by atoms with Crippen LogP contribution in [-0.2, 0) is 6.54 Å². The van der Waals surface area contributed by atoms with Crippen LogP contribution >= 0.6 is 11.3 Å². The SMILES string of the molecule is Cc1nc(C(=O)NCc2cccnc2)c(-c2ccc(C#N)cc2)s1. The molecule has 5 nitrogen and oxygen atoms in total. The van der Waals surface area contributed by atoms with Crippen LogP contribution in [-0.4, -0.2) is 15.9 Å². The normalized spacial score (nSPS) is 10.2. The van der Waals surface area contributed by atoms with Crippen LogP contribution in [0.3, 0.4) is 0 Å². The Labute approximate surface area is 143 Å². The van der Waals surface area contributed by atoms with Crippen LogP contribution in [0.15, 0.2) is 48.8 Å². The van der Waals surface area contributed by atoms with E-state index in [1.165, 1.54) is 11.3 Å². The fourth-order valence-electron chi connectivity index (χ4n) is 2.24. The number of amides is 1. The van der Waals surface area contributed by atoms with E-state index in [1.54, 1.807) is 24.5 Å². The molecule has 0 atom stereocenters. The molecule has 0 bridgehead atoms. The predicted octanol–water partition coefficient (Wildman–Crippen LogP) is 3.32. The van der Waals surface area contributed by atoms with Gasteiger partial charge < -0.3 is 5.32 Å². The van der Waals surface area contributed by atoms with Crippen LogP contribution in [0.25, 0.3) is 10.4 Å². The largest absolute Gasteiger partial charge is 0.347 e. The van der Waals surface area contributed by atoms with Crippen molar-refractivity contribution in [2.45, 2.75) is 13.5 Å². The van der Waals surface area contributed by atoms with Crippen LogP contribution in [0.2, 0.25) is 0 Å².